The van der Waals surface area contributed by atoms with Crippen molar-refractivity contribution < 1.29 is 42.1 Å². The fraction of sp³-hybridized carbons (Fsp3) is 0.640. The van der Waals surface area contributed by atoms with E-state index in [0.29, 0.717) is 30.3 Å². The number of nitrogens with zero attached hydrogens (tertiary/aromatic N) is 1. The predicted molar refractivity (Wildman–Crippen MR) is 252 cm³/mol. The quantitative estimate of drug-likeness (QED) is 0.0213. The minimum absolute atomic E-state index is 0.00627. The first-order chi connectivity index (χ1) is 29.0. The fourth-order valence-corrected chi connectivity index (χ4v) is 6.22. The summed E-state index contributed by atoms with van der Waals surface area (Å²) in [5, 5.41) is 0. The van der Waals surface area contributed by atoms with Gasteiger partial charge in [-0.3, -0.25) is 18.6 Å². The molecule has 0 aromatic carbocycles. The standard InChI is InChI=1S/C50H84NO8P/c1-6-8-10-12-14-16-18-20-22-24-25-27-28-30-32-34-36-38-40-42-49(52)56-46-48(47-58-60(54,55)57-45-44-51(3,4)5)59-50(53)43-41-39-37-35-33-31-29-26-23-21-19-17-15-13-11-9-7-2/h14,16,20-23,25,27,29-32,35-38,48H,6-13,15,17-19,24,26,28,33-34,39-47H2,1-5H3/p+1/b16-14+,22-20+,23-21+,27-25+,31-29+,32-30+,37-35+,38-36+/t48-/m1/s1. The van der Waals surface area contributed by atoms with Crippen LogP contribution in [-0.4, -0.2) is 74.9 Å². The van der Waals surface area contributed by atoms with Crippen molar-refractivity contribution in [1.29, 1.82) is 0 Å². The van der Waals surface area contributed by atoms with Gasteiger partial charge in [0, 0.05) is 12.8 Å². The first kappa shape index (κ1) is 56.9. The summed E-state index contributed by atoms with van der Waals surface area (Å²) >= 11 is 0. The van der Waals surface area contributed by atoms with Crippen LogP contribution in [0.2, 0.25) is 0 Å². The number of quaternary nitrogens is 1. The first-order valence-electron chi connectivity index (χ1n) is 23.0. The van der Waals surface area contributed by atoms with Gasteiger partial charge in [-0.05, 0) is 83.5 Å². The Labute approximate surface area is 366 Å². The van der Waals surface area contributed by atoms with Crippen LogP contribution in [0.5, 0.6) is 0 Å². The maximum absolute atomic E-state index is 12.7. The van der Waals surface area contributed by atoms with E-state index in [4.69, 9.17) is 18.5 Å². The van der Waals surface area contributed by atoms with Gasteiger partial charge in [0.15, 0.2) is 6.10 Å². The maximum Gasteiger partial charge on any atom is 0.472 e. The van der Waals surface area contributed by atoms with Gasteiger partial charge in [-0.1, -0.05) is 156 Å². The molecule has 1 unspecified atom stereocenters. The molecule has 342 valence electrons. The van der Waals surface area contributed by atoms with Gasteiger partial charge >= 0.3 is 19.8 Å². The van der Waals surface area contributed by atoms with Crippen LogP contribution in [0.15, 0.2) is 97.2 Å². The number of hydrogen-bond acceptors (Lipinski definition) is 7. The topological polar surface area (TPSA) is 108 Å². The number of phosphoric acid groups is 1. The minimum atomic E-state index is -4.41. The summed E-state index contributed by atoms with van der Waals surface area (Å²) in [5.41, 5.74) is 0. The Balaban J connectivity index is 4.56. The molecule has 9 nitrogen and oxygen atoms in total. The molecular weight excluding hydrogens is 774 g/mol. The minimum Gasteiger partial charge on any atom is -0.462 e. The molecule has 0 aliphatic carbocycles. The molecule has 10 heteroatoms. The largest absolute Gasteiger partial charge is 0.472 e. The highest BCUT2D eigenvalue weighted by atomic mass is 31.2. The van der Waals surface area contributed by atoms with Crippen molar-refractivity contribution in [3.63, 3.8) is 0 Å². The van der Waals surface area contributed by atoms with Crippen LogP contribution >= 0.6 is 7.82 Å². The van der Waals surface area contributed by atoms with E-state index < -0.39 is 32.5 Å². The molecule has 60 heavy (non-hydrogen) atoms. The summed E-state index contributed by atoms with van der Waals surface area (Å²) in [5.74, 6) is -0.965. The summed E-state index contributed by atoms with van der Waals surface area (Å²) in [6.07, 6.45) is 54.8. The Kier molecular flexibility index (Phi) is 39.2. The second kappa shape index (κ2) is 41.3. The number of rotatable bonds is 40. The number of phosphoric ester groups is 1. The second-order valence-corrected chi connectivity index (χ2v) is 17.5. The Morgan fingerprint density at radius 3 is 1.43 bits per heavy atom. The highest BCUT2D eigenvalue weighted by Gasteiger charge is 2.27. The van der Waals surface area contributed by atoms with Crippen LogP contribution < -0.4 is 0 Å². The smallest absolute Gasteiger partial charge is 0.462 e. The molecule has 1 N–H and O–H groups in total. The zero-order valence-corrected chi connectivity index (χ0v) is 39.3. The van der Waals surface area contributed by atoms with Crippen molar-refractivity contribution in [3.8, 4) is 0 Å². The van der Waals surface area contributed by atoms with Crippen LogP contribution in [-0.2, 0) is 32.7 Å². The molecule has 0 aromatic heterocycles. The van der Waals surface area contributed by atoms with E-state index in [2.05, 4.69) is 92.8 Å². The monoisotopic (exact) mass is 859 g/mol. The Hall–Kier alpha value is -3.07. The van der Waals surface area contributed by atoms with Crippen LogP contribution in [0.25, 0.3) is 0 Å². The van der Waals surface area contributed by atoms with E-state index in [1.54, 1.807) is 0 Å². The molecule has 0 radical (unpaired) electrons. The molecule has 0 aromatic rings. The van der Waals surface area contributed by atoms with Crippen LogP contribution in [0.4, 0.5) is 0 Å². The number of allylic oxidation sites excluding steroid dienone is 16. The van der Waals surface area contributed by atoms with Gasteiger partial charge in [0.2, 0.25) is 0 Å². The zero-order chi connectivity index (χ0) is 44.3. The third kappa shape index (κ3) is 44.5. The van der Waals surface area contributed by atoms with Crippen LogP contribution in [0, 0.1) is 0 Å². The molecule has 0 saturated carbocycles. The van der Waals surface area contributed by atoms with Crippen molar-refractivity contribution in [2.24, 2.45) is 0 Å². The Morgan fingerprint density at radius 2 is 0.933 bits per heavy atom. The molecule has 0 spiro atoms. The molecule has 0 bridgehead atoms. The number of carbonyl (C=O) groups excluding carboxylic acids is 2. The average Bonchev–Trinajstić information content (AvgIpc) is 3.20. The lowest BCUT2D eigenvalue weighted by atomic mass is 10.1. The highest BCUT2D eigenvalue weighted by Crippen LogP contribution is 2.43. The molecule has 0 aliphatic rings. The number of esters is 2. The number of likely N-dealkylation sites (N-methyl/N-ethyl adjacent to an activating group) is 1. The molecule has 0 fully saturated rings. The Morgan fingerprint density at radius 1 is 0.517 bits per heavy atom. The van der Waals surface area contributed by atoms with Gasteiger partial charge in [0.05, 0.1) is 27.7 Å². The molecule has 0 saturated heterocycles. The lowest BCUT2D eigenvalue weighted by molar-refractivity contribution is -0.870. The molecule has 2 atom stereocenters. The number of ether oxygens (including phenoxy) is 2. The van der Waals surface area contributed by atoms with Crippen molar-refractivity contribution in [1.82, 2.24) is 0 Å². The molecule has 0 rings (SSSR count). The Bertz CT molecular complexity index is 1340. The van der Waals surface area contributed by atoms with Gasteiger partial charge in [0.1, 0.15) is 19.8 Å². The van der Waals surface area contributed by atoms with Crippen molar-refractivity contribution in [3.05, 3.63) is 97.2 Å². The number of carbonyl (C=O) groups is 2. The number of hydrogen-bond donors (Lipinski definition) is 1. The van der Waals surface area contributed by atoms with Crippen molar-refractivity contribution >= 4 is 19.8 Å². The maximum atomic E-state index is 12.7. The van der Waals surface area contributed by atoms with Crippen molar-refractivity contribution in [2.75, 3.05) is 47.5 Å². The normalized spacial score (nSPS) is 14.4. The van der Waals surface area contributed by atoms with E-state index >= 15 is 0 Å². The third-order valence-electron chi connectivity index (χ3n) is 9.10. The predicted octanol–water partition coefficient (Wildman–Crippen LogP) is 13.4. The lowest BCUT2D eigenvalue weighted by Gasteiger charge is -2.24. The third-order valence-corrected chi connectivity index (χ3v) is 10.1. The van der Waals surface area contributed by atoms with E-state index in [-0.39, 0.29) is 26.1 Å². The van der Waals surface area contributed by atoms with Gasteiger partial charge < -0.3 is 18.9 Å². The summed E-state index contributed by atoms with van der Waals surface area (Å²) in [4.78, 5) is 35.3. The lowest BCUT2D eigenvalue weighted by Crippen LogP contribution is -2.37. The second-order valence-electron chi connectivity index (χ2n) is 16.1. The molecule has 0 heterocycles. The summed E-state index contributed by atoms with van der Waals surface area (Å²) in [7, 11) is 1.39. The molecular formula is C50H85NO8P+. The van der Waals surface area contributed by atoms with Crippen molar-refractivity contribution in [2.45, 2.75) is 161 Å². The van der Waals surface area contributed by atoms with E-state index in [1.807, 2.05) is 39.4 Å². The summed E-state index contributed by atoms with van der Waals surface area (Å²) in [6.45, 7) is 4.22. The van der Waals surface area contributed by atoms with E-state index in [0.717, 1.165) is 44.9 Å². The van der Waals surface area contributed by atoms with Crippen LogP contribution in [0.1, 0.15) is 155 Å². The SMILES string of the molecule is CCCCC/C=C/C/C=C/C/C=C/C/C=C/C/C=C/CCC(=O)OC[C@H](COP(=O)(O)OCC[N+](C)(C)C)OC(=O)CCC/C=C/C/C=C/C/C=C/CCCCCCCC. The van der Waals surface area contributed by atoms with E-state index in [9.17, 15) is 19.0 Å². The van der Waals surface area contributed by atoms with Gasteiger partial charge in [-0.2, -0.15) is 0 Å². The first-order valence-corrected chi connectivity index (χ1v) is 24.5. The fourth-order valence-electron chi connectivity index (χ4n) is 5.48. The summed E-state index contributed by atoms with van der Waals surface area (Å²) in [6, 6.07) is 0. The number of unbranched alkanes of at least 4 members (excludes halogenated alkanes) is 10. The van der Waals surface area contributed by atoms with Gasteiger partial charge in [-0.15, -0.1) is 0 Å². The average molecular weight is 859 g/mol. The molecule has 0 aliphatic heterocycles. The highest BCUT2D eigenvalue weighted by molar-refractivity contribution is 7.47. The van der Waals surface area contributed by atoms with E-state index in [1.165, 1.54) is 64.2 Å². The molecule has 0 amide bonds. The van der Waals surface area contributed by atoms with Gasteiger partial charge in [0.25, 0.3) is 0 Å². The summed E-state index contributed by atoms with van der Waals surface area (Å²) < 4.78 is 34.2. The van der Waals surface area contributed by atoms with Gasteiger partial charge in [-0.25, -0.2) is 4.57 Å². The van der Waals surface area contributed by atoms with Crippen LogP contribution in [0.3, 0.4) is 0 Å². The zero-order valence-electron chi connectivity index (χ0n) is 38.4.